The van der Waals surface area contributed by atoms with E-state index in [2.05, 4.69) is 5.32 Å². The maximum Gasteiger partial charge on any atom is 0.416 e. The summed E-state index contributed by atoms with van der Waals surface area (Å²) in [6.07, 6.45) is 1.98. The molecule has 0 saturated heterocycles. The first kappa shape index (κ1) is 26.4. The summed E-state index contributed by atoms with van der Waals surface area (Å²) in [5.41, 5.74) is 0.391. The number of hydrogen-bond acceptors (Lipinski definition) is 4. The third-order valence-corrected chi connectivity index (χ3v) is 8.44. The van der Waals surface area contributed by atoms with Crippen LogP contribution in [0.25, 0.3) is 17.0 Å². The number of amides is 1. The van der Waals surface area contributed by atoms with Gasteiger partial charge in [-0.05, 0) is 66.9 Å². The molecule has 1 N–H and O–H groups in total. The lowest BCUT2D eigenvalue weighted by atomic mass is 9.85. The van der Waals surface area contributed by atoms with Crippen LogP contribution in [0.1, 0.15) is 40.7 Å². The highest BCUT2D eigenvalue weighted by Crippen LogP contribution is 2.33. The monoisotopic (exact) mass is 552 g/mol. The number of anilines is 1. The van der Waals surface area contributed by atoms with E-state index in [1.54, 1.807) is 18.2 Å². The van der Waals surface area contributed by atoms with Crippen molar-refractivity contribution in [1.82, 2.24) is 3.97 Å². The minimum Gasteiger partial charge on any atom is -0.324 e. The number of ketones is 1. The minimum atomic E-state index is -4.45. The van der Waals surface area contributed by atoms with Gasteiger partial charge in [0.05, 0.1) is 21.7 Å². The molecular weight excluding hydrogens is 529 g/mol. The Morgan fingerprint density at radius 3 is 2.26 bits per heavy atom. The van der Waals surface area contributed by atoms with E-state index in [0.717, 1.165) is 35.4 Å². The fourth-order valence-corrected chi connectivity index (χ4v) is 5.71. The van der Waals surface area contributed by atoms with Gasteiger partial charge < -0.3 is 5.32 Å². The van der Waals surface area contributed by atoms with Gasteiger partial charge in [-0.25, -0.2) is 12.4 Å². The predicted octanol–water partition coefficient (Wildman–Crippen LogP) is 6.53. The molecule has 5 rings (SSSR count). The molecule has 0 aliphatic heterocycles. The van der Waals surface area contributed by atoms with Crippen LogP contribution in [-0.2, 0) is 21.0 Å². The summed E-state index contributed by atoms with van der Waals surface area (Å²) in [7, 11) is -4.00. The second-order valence-electron chi connectivity index (χ2n) is 9.32. The van der Waals surface area contributed by atoms with E-state index in [1.165, 1.54) is 60.8 Å². The second kappa shape index (κ2) is 10.2. The van der Waals surface area contributed by atoms with E-state index in [0.29, 0.717) is 10.9 Å². The molecule has 0 radical (unpaired) electrons. The maximum absolute atomic E-state index is 13.4. The van der Waals surface area contributed by atoms with Crippen molar-refractivity contribution >= 4 is 44.4 Å². The van der Waals surface area contributed by atoms with E-state index in [1.807, 2.05) is 0 Å². The van der Waals surface area contributed by atoms with E-state index >= 15 is 0 Å². The summed E-state index contributed by atoms with van der Waals surface area (Å²) >= 11 is 0. The Hall–Kier alpha value is -4.18. The van der Waals surface area contributed by atoms with Crippen LogP contribution in [0.2, 0.25) is 0 Å². The first-order chi connectivity index (χ1) is 18.5. The van der Waals surface area contributed by atoms with Crippen LogP contribution in [0.3, 0.4) is 0 Å². The Morgan fingerprint density at radius 1 is 0.949 bits per heavy atom. The largest absolute Gasteiger partial charge is 0.416 e. The van der Waals surface area contributed by atoms with Gasteiger partial charge in [-0.15, -0.1) is 0 Å². The van der Waals surface area contributed by atoms with Crippen molar-refractivity contribution < 1.29 is 31.2 Å². The van der Waals surface area contributed by atoms with E-state index in [-0.39, 0.29) is 33.5 Å². The predicted molar refractivity (Wildman–Crippen MR) is 142 cm³/mol. The summed E-state index contributed by atoms with van der Waals surface area (Å²) < 4.78 is 66.3. The van der Waals surface area contributed by atoms with Crippen molar-refractivity contribution in [2.45, 2.75) is 30.3 Å². The van der Waals surface area contributed by atoms with Gasteiger partial charge in [0.1, 0.15) is 0 Å². The van der Waals surface area contributed by atoms with Crippen LogP contribution >= 0.6 is 0 Å². The molecule has 0 unspecified atom stereocenters. The number of aromatic nitrogens is 1. The molecule has 1 aliphatic rings. The van der Waals surface area contributed by atoms with Gasteiger partial charge in [-0.3, -0.25) is 9.59 Å². The zero-order chi connectivity index (χ0) is 27.8. The molecule has 0 bridgehead atoms. The summed E-state index contributed by atoms with van der Waals surface area (Å²) in [5, 5.41) is 3.20. The molecule has 0 atom stereocenters. The molecule has 4 aromatic rings. The fraction of sp³-hybridized carbons (Fsp3) is 0.172. The minimum absolute atomic E-state index is 0.0680. The molecule has 1 heterocycles. The molecule has 200 valence electrons. The van der Waals surface area contributed by atoms with Crippen LogP contribution < -0.4 is 5.32 Å². The molecule has 6 nitrogen and oxygen atoms in total. The molecule has 0 spiro atoms. The van der Waals surface area contributed by atoms with Crippen LogP contribution in [0.5, 0.6) is 0 Å². The van der Waals surface area contributed by atoms with Crippen molar-refractivity contribution in [2.75, 3.05) is 5.32 Å². The highest BCUT2D eigenvalue weighted by Gasteiger charge is 2.30. The van der Waals surface area contributed by atoms with Crippen molar-refractivity contribution in [3.05, 3.63) is 102 Å². The number of rotatable bonds is 7. The van der Waals surface area contributed by atoms with Gasteiger partial charge in [-0.1, -0.05) is 42.8 Å². The fourth-order valence-electron chi connectivity index (χ4n) is 4.31. The second-order valence-corrected chi connectivity index (χ2v) is 11.1. The van der Waals surface area contributed by atoms with Crippen LogP contribution in [0.15, 0.2) is 90.0 Å². The van der Waals surface area contributed by atoms with Crippen molar-refractivity contribution in [3.63, 3.8) is 0 Å². The van der Waals surface area contributed by atoms with E-state index in [4.69, 9.17) is 0 Å². The van der Waals surface area contributed by atoms with Gasteiger partial charge in [0.25, 0.3) is 10.0 Å². The Bertz CT molecular complexity index is 1690. The lowest BCUT2D eigenvalue weighted by Crippen LogP contribution is -2.28. The number of halogens is 3. The average Bonchev–Trinajstić information content (AvgIpc) is 3.24. The first-order valence-corrected chi connectivity index (χ1v) is 13.6. The van der Waals surface area contributed by atoms with Gasteiger partial charge in [0, 0.05) is 23.1 Å². The number of benzene rings is 3. The van der Waals surface area contributed by atoms with Crippen LogP contribution in [0.4, 0.5) is 18.9 Å². The summed E-state index contributed by atoms with van der Waals surface area (Å²) in [4.78, 5) is 25.7. The van der Waals surface area contributed by atoms with Crippen molar-refractivity contribution in [1.29, 1.82) is 0 Å². The highest BCUT2D eigenvalue weighted by molar-refractivity contribution is 7.90. The lowest BCUT2D eigenvalue weighted by molar-refractivity contribution is -0.137. The number of carbonyl (C=O) groups is 2. The SMILES string of the molecule is O=C(/C=C\c1ccc(C(F)(F)F)cc1)c1ccc2c(c1)c(NC(=O)C1CCC1)cn2S(=O)(=O)c1ccccc1. The number of carbonyl (C=O) groups excluding carboxylic acids is 2. The summed E-state index contributed by atoms with van der Waals surface area (Å²) in [6, 6.07) is 16.7. The molecule has 3 aromatic carbocycles. The smallest absolute Gasteiger partial charge is 0.324 e. The van der Waals surface area contributed by atoms with Crippen molar-refractivity contribution in [2.24, 2.45) is 5.92 Å². The van der Waals surface area contributed by atoms with Crippen LogP contribution in [0, 0.1) is 5.92 Å². The van der Waals surface area contributed by atoms with Gasteiger partial charge >= 0.3 is 6.18 Å². The average molecular weight is 553 g/mol. The number of nitrogens with zero attached hydrogens (tertiary/aromatic N) is 1. The number of fused-ring (bicyclic) bond motifs is 1. The third kappa shape index (κ3) is 5.37. The topological polar surface area (TPSA) is 85.2 Å². The highest BCUT2D eigenvalue weighted by atomic mass is 32.2. The summed E-state index contributed by atoms with van der Waals surface area (Å²) in [5.74, 6) is -0.798. The number of hydrogen-bond donors (Lipinski definition) is 1. The molecule has 1 fully saturated rings. The normalized spacial score (nSPS) is 14.4. The van der Waals surface area contributed by atoms with Crippen molar-refractivity contribution in [3.8, 4) is 0 Å². The zero-order valence-electron chi connectivity index (χ0n) is 20.5. The Labute approximate surface area is 222 Å². The van der Waals surface area contributed by atoms with Gasteiger partial charge in [0.15, 0.2) is 5.78 Å². The summed E-state index contributed by atoms with van der Waals surface area (Å²) in [6.45, 7) is 0. The first-order valence-electron chi connectivity index (χ1n) is 12.2. The van der Waals surface area contributed by atoms with E-state index in [9.17, 15) is 31.2 Å². The quantitative estimate of drug-likeness (QED) is 0.209. The van der Waals surface area contributed by atoms with Crippen LogP contribution in [-0.4, -0.2) is 24.1 Å². The standard InChI is InChI=1S/C29H23F3N2O4S/c30-29(31,32)22-13-9-19(10-14-22)11-16-27(35)21-12-15-26-24(17-21)25(33-28(36)20-5-4-6-20)18-34(26)39(37,38)23-7-2-1-3-8-23/h1-3,7-18,20H,4-6H2,(H,33,36)/b16-11-. The zero-order valence-corrected chi connectivity index (χ0v) is 21.3. The molecule has 1 aromatic heterocycles. The number of allylic oxidation sites excluding steroid dienone is 1. The molecule has 1 aliphatic carbocycles. The number of alkyl halides is 3. The molecule has 39 heavy (non-hydrogen) atoms. The number of nitrogens with one attached hydrogen (secondary N) is 1. The molecule has 1 amide bonds. The Kier molecular flexibility index (Phi) is 6.90. The molecular formula is C29H23F3N2O4S. The van der Waals surface area contributed by atoms with E-state index < -0.39 is 27.5 Å². The third-order valence-electron chi connectivity index (χ3n) is 6.75. The maximum atomic E-state index is 13.4. The molecule has 10 heteroatoms. The van der Waals surface area contributed by atoms with Gasteiger partial charge in [0.2, 0.25) is 5.91 Å². The lowest BCUT2D eigenvalue weighted by Gasteiger charge is -2.23. The molecule has 1 saturated carbocycles. The Balaban J connectivity index is 1.50. The Morgan fingerprint density at radius 2 is 1.64 bits per heavy atom. The van der Waals surface area contributed by atoms with Gasteiger partial charge in [-0.2, -0.15) is 13.2 Å².